The Bertz CT molecular complexity index is 101. The third-order valence-electron chi connectivity index (χ3n) is 1.98. The highest BCUT2D eigenvalue weighted by molar-refractivity contribution is 5.38. The van der Waals surface area contributed by atoms with E-state index in [1.807, 2.05) is 0 Å². The number of rotatable bonds is 2. The van der Waals surface area contributed by atoms with Crippen LogP contribution in [0.15, 0.2) is 0 Å². The van der Waals surface area contributed by atoms with Gasteiger partial charge in [-0.05, 0) is 25.2 Å². The van der Waals surface area contributed by atoms with Crippen molar-refractivity contribution in [1.82, 2.24) is 0 Å². The molecule has 2 atom stereocenters. The summed E-state index contributed by atoms with van der Waals surface area (Å²) in [5.41, 5.74) is 0. The van der Waals surface area contributed by atoms with E-state index in [2.05, 4.69) is 6.92 Å². The normalized spacial score (nSPS) is 34.3. The Morgan fingerprint density at radius 3 is 2.78 bits per heavy atom. The first kappa shape index (κ1) is 6.59. The fraction of sp³-hybridized carbons (Fsp3) is 0.857. The molecule has 51 valence electrons. The van der Waals surface area contributed by atoms with Crippen molar-refractivity contribution < 1.29 is 9.53 Å². The summed E-state index contributed by atoms with van der Waals surface area (Å²) in [6.45, 7) is 3.60. The van der Waals surface area contributed by atoms with Gasteiger partial charge in [0.1, 0.15) is 6.10 Å². The molecule has 0 heterocycles. The smallest absolute Gasteiger partial charge is 0.417 e. The third kappa shape index (κ3) is 1.44. The van der Waals surface area contributed by atoms with Crippen LogP contribution in [0.2, 0.25) is 0 Å². The summed E-state index contributed by atoms with van der Waals surface area (Å²) >= 11 is 0. The minimum absolute atomic E-state index is 0.155. The Hall–Kier alpha value is -0.530. The van der Waals surface area contributed by atoms with E-state index in [0.717, 1.165) is 6.42 Å². The van der Waals surface area contributed by atoms with Gasteiger partial charge >= 0.3 is 6.47 Å². The lowest BCUT2D eigenvalue weighted by atomic mass is 10.1. The molecule has 2 heteroatoms. The number of ether oxygens (including phenoxy) is 1. The molecule has 0 saturated heterocycles. The van der Waals surface area contributed by atoms with Gasteiger partial charge in [-0.15, -0.1) is 0 Å². The van der Waals surface area contributed by atoms with Gasteiger partial charge in [0.05, 0.1) is 0 Å². The molecule has 1 aliphatic rings. The summed E-state index contributed by atoms with van der Waals surface area (Å²) in [5.74, 6) is 0.548. The predicted molar refractivity (Wildman–Crippen MR) is 33.6 cm³/mol. The Balaban J connectivity index is 2.30. The molecule has 0 aliphatic heterocycles. The molecular formula is C7H11O2. The van der Waals surface area contributed by atoms with E-state index in [4.69, 9.17) is 4.74 Å². The molecule has 0 aromatic heterocycles. The summed E-state index contributed by atoms with van der Waals surface area (Å²) in [7, 11) is 0. The predicted octanol–water partition coefficient (Wildman–Crippen LogP) is 1.26. The lowest BCUT2D eigenvalue weighted by Gasteiger charge is -2.10. The molecule has 0 N–H and O–H groups in total. The first-order chi connectivity index (χ1) is 4.34. The highest BCUT2D eigenvalue weighted by atomic mass is 16.5. The Morgan fingerprint density at radius 2 is 2.33 bits per heavy atom. The van der Waals surface area contributed by atoms with E-state index in [0.29, 0.717) is 5.92 Å². The molecule has 0 aromatic rings. The summed E-state index contributed by atoms with van der Waals surface area (Å²) < 4.78 is 4.71. The molecule has 1 rings (SSSR count). The maximum atomic E-state index is 9.76. The van der Waals surface area contributed by atoms with Gasteiger partial charge in [-0.2, -0.15) is 0 Å². The number of hydrogen-bond donors (Lipinski definition) is 0. The summed E-state index contributed by atoms with van der Waals surface area (Å²) in [4.78, 5) is 9.76. The van der Waals surface area contributed by atoms with Crippen LogP contribution in [0.3, 0.4) is 0 Å². The fourth-order valence-corrected chi connectivity index (χ4v) is 1.35. The third-order valence-corrected chi connectivity index (χ3v) is 1.98. The molecule has 2 unspecified atom stereocenters. The van der Waals surface area contributed by atoms with Crippen LogP contribution >= 0.6 is 0 Å². The van der Waals surface area contributed by atoms with Gasteiger partial charge in [0, 0.05) is 0 Å². The van der Waals surface area contributed by atoms with Crippen molar-refractivity contribution in [2.45, 2.75) is 32.3 Å². The summed E-state index contributed by atoms with van der Waals surface area (Å²) in [5, 5.41) is 0. The Kier molecular flexibility index (Phi) is 2.09. The molecule has 1 saturated carbocycles. The van der Waals surface area contributed by atoms with Gasteiger partial charge < -0.3 is 4.74 Å². The van der Waals surface area contributed by atoms with Crippen LogP contribution in [0.5, 0.6) is 0 Å². The number of hydrogen-bond acceptors (Lipinski definition) is 2. The van der Waals surface area contributed by atoms with Crippen molar-refractivity contribution in [3.05, 3.63) is 0 Å². The SMILES string of the molecule is CC1CCCC1O[C]=O. The second-order valence-corrected chi connectivity index (χ2v) is 2.65. The van der Waals surface area contributed by atoms with Gasteiger partial charge in [0.25, 0.3) is 0 Å². The second kappa shape index (κ2) is 2.85. The molecule has 9 heavy (non-hydrogen) atoms. The van der Waals surface area contributed by atoms with Crippen molar-refractivity contribution >= 4 is 6.47 Å². The molecular weight excluding hydrogens is 116 g/mol. The van der Waals surface area contributed by atoms with E-state index >= 15 is 0 Å². The summed E-state index contributed by atoms with van der Waals surface area (Å²) in [6, 6.07) is 0. The van der Waals surface area contributed by atoms with E-state index in [-0.39, 0.29) is 6.10 Å². The van der Waals surface area contributed by atoms with E-state index in [9.17, 15) is 4.79 Å². The Labute approximate surface area is 55.2 Å². The average Bonchev–Trinajstić information content (AvgIpc) is 2.18. The summed E-state index contributed by atoms with van der Waals surface area (Å²) in [6.07, 6.45) is 3.55. The van der Waals surface area contributed by atoms with E-state index < -0.39 is 0 Å². The van der Waals surface area contributed by atoms with Gasteiger partial charge in [0.2, 0.25) is 0 Å². The topological polar surface area (TPSA) is 26.3 Å². The largest absolute Gasteiger partial charge is 0.454 e. The monoisotopic (exact) mass is 127 g/mol. The van der Waals surface area contributed by atoms with Crippen LogP contribution in [-0.2, 0) is 9.53 Å². The zero-order valence-corrected chi connectivity index (χ0v) is 5.59. The second-order valence-electron chi connectivity index (χ2n) is 2.65. The van der Waals surface area contributed by atoms with E-state index in [1.54, 1.807) is 0 Å². The lowest BCUT2D eigenvalue weighted by Crippen LogP contribution is -2.13. The zero-order valence-electron chi connectivity index (χ0n) is 5.59. The standard InChI is InChI=1S/C7H11O2/c1-6-3-2-4-7(6)9-5-8/h6-7H,2-4H2,1H3. The van der Waals surface area contributed by atoms with E-state index in [1.165, 1.54) is 19.3 Å². The minimum atomic E-state index is 0.155. The maximum absolute atomic E-state index is 9.76. The van der Waals surface area contributed by atoms with Crippen molar-refractivity contribution in [2.75, 3.05) is 0 Å². The van der Waals surface area contributed by atoms with Gasteiger partial charge in [0.15, 0.2) is 0 Å². The van der Waals surface area contributed by atoms with Crippen LogP contribution < -0.4 is 0 Å². The van der Waals surface area contributed by atoms with Crippen molar-refractivity contribution in [3.63, 3.8) is 0 Å². The zero-order chi connectivity index (χ0) is 6.69. The van der Waals surface area contributed by atoms with Crippen molar-refractivity contribution in [1.29, 1.82) is 0 Å². The quantitative estimate of drug-likeness (QED) is 0.558. The maximum Gasteiger partial charge on any atom is 0.417 e. The molecule has 1 radical (unpaired) electrons. The minimum Gasteiger partial charge on any atom is -0.454 e. The van der Waals surface area contributed by atoms with Crippen LogP contribution in [0.1, 0.15) is 26.2 Å². The van der Waals surface area contributed by atoms with Gasteiger partial charge in [-0.25, -0.2) is 4.79 Å². The lowest BCUT2D eigenvalue weighted by molar-refractivity contribution is 0.145. The fourth-order valence-electron chi connectivity index (χ4n) is 1.35. The first-order valence-corrected chi connectivity index (χ1v) is 3.37. The molecule has 0 spiro atoms. The van der Waals surface area contributed by atoms with Crippen LogP contribution in [-0.4, -0.2) is 12.6 Å². The molecule has 2 nitrogen and oxygen atoms in total. The molecule has 0 bridgehead atoms. The highest BCUT2D eigenvalue weighted by Gasteiger charge is 2.24. The molecule has 0 aromatic carbocycles. The van der Waals surface area contributed by atoms with Gasteiger partial charge in [-0.1, -0.05) is 6.92 Å². The molecule has 0 amide bonds. The van der Waals surface area contributed by atoms with Crippen molar-refractivity contribution in [2.24, 2.45) is 5.92 Å². The average molecular weight is 127 g/mol. The van der Waals surface area contributed by atoms with Crippen LogP contribution in [0.4, 0.5) is 0 Å². The van der Waals surface area contributed by atoms with Crippen molar-refractivity contribution in [3.8, 4) is 0 Å². The first-order valence-electron chi connectivity index (χ1n) is 3.37. The Morgan fingerprint density at radius 1 is 1.56 bits per heavy atom. The van der Waals surface area contributed by atoms with Crippen LogP contribution in [0.25, 0.3) is 0 Å². The molecule has 1 aliphatic carbocycles. The number of carbonyl (C=O) groups excluding carboxylic acids is 1. The highest BCUT2D eigenvalue weighted by Crippen LogP contribution is 2.26. The van der Waals surface area contributed by atoms with Gasteiger partial charge in [-0.3, -0.25) is 0 Å². The van der Waals surface area contributed by atoms with Crippen LogP contribution in [0, 0.1) is 5.92 Å². The molecule has 1 fully saturated rings.